The quantitative estimate of drug-likeness (QED) is 0.511. The van der Waals surface area contributed by atoms with Gasteiger partial charge in [-0.2, -0.15) is 0 Å². The molecule has 148 valence electrons. The number of nitrogens with one attached hydrogen (secondary N) is 1. The first kappa shape index (κ1) is 19.9. The normalized spacial score (nSPS) is 10.4. The van der Waals surface area contributed by atoms with Crippen molar-refractivity contribution in [1.82, 2.24) is 15.3 Å². The van der Waals surface area contributed by atoms with E-state index in [4.69, 9.17) is 0 Å². The number of nitro groups is 1. The molecule has 0 aliphatic heterocycles. The van der Waals surface area contributed by atoms with Crippen molar-refractivity contribution in [2.24, 2.45) is 0 Å². The lowest BCUT2D eigenvalue weighted by molar-refractivity contribution is -0.384. The number of carbonyl (C=O) groups is 1. The largest absolute Gasteiger partial charge is 0.355 e. The predicted octanol–water partition coefficient (Wildman–Crippen LogP) is 3.36. The maximum atomic E-state index is 11.7. The third kappa shape index (κ3) is 4.73. The molecule has 1 aromatic heterocycles. The first-order chi connectivity index (χ1) is 13.9. The number of hydrogen-bond donors (Lipinski definition) is 1. The number of hydrogen-bond acceptors (Lipinski definition) is 6. The number of aryl methyl sites for hydroxylation is 1. The Morgan fingerprint density at radius 1 is 1.14 bits per heavy atom. The number of benzene rings is 2. The van der Waals surface area contributed by atoms with Gasteiger partial charge < -0.3 is 10.2 Å². The lowest BCUT2D eigenvalue weighted by Gasteiger charge is -2.19. The Labute approximate surface area is 168 Å². The minimum atomic E-state index is -0.436. The zero-order chi connectivity index (χ0) is 21.0. The highest BCUT2D eigenvalue weighted by Crippen LogP contribution is 2.24. The average Bonchev–Trinajstić information content (AvgIpc) is 2.73. The van der Waals surface area contributed by atoms with Crippen LogP contribution in [0.1, 0.15) is 21.6 Å². The van der Waals surface area contributed by atoms with Crippen molar-refractivity contribution >= 4 is 17.4 Å². The zero-order valence-corrected chi connectivity index (χ0v) is 16.4. The Morgan fingerprint density at radius 3 is 2.52 bits per heavy atom. The molecular weight excluding hydrogens is 370 g/mol. The summed E-state index contributed by atoms with van der Waals surface area (Å²) in [6.07, 6.45) is 0. The van der Waals surface area contributed by atoms with E-state index in [9.17, 15) is 14.9 Å². The van der Waals surface area contributed by atoms with Crippen molar-refractivity contribution in [2.45, 2.75) is 13.5 Å². The van der Waals surface area contributed by atoms with E-state index in [1.807, 2.05) is 37.1 Å². The summed E-state index contributed by atoms with van der Waals surface area (Å²) >= 11 is 0. The highest BCUT2D eigenvalue weighted by Gasteiger charge is 2.13. The summed E-state index contributed by atoms with van der Waals surface area (Å²) in [5, 5.41) is 13.6. The Morgan fingerprint density at radius 2 is 1.86 bits per heavy atom. The van der Waals surface area contributed by atoms with Crippen LogP contribution >= 0.6 is 0 Å². The lowest BCUT2D eigenvalue weighted by atomic mass is 10.1. The monoisotopic (exact) mass is 391 g/mol. The maximum absolute atomic E-state index is 11.7. The molecule has 1 heterocycles. The fourth-order valence-electron chi connectivity index (χ4n) is 2.90. The number of rotatable bonds is 6. The van der Waals surface area contributed by atoms with Gasteiger partial charge in [0.05, 0.1) is 4.92 Å². The molecule has 1 N–H and O–H groups in total. The third-order valence-corrected chi connectivity index (χ3v) is 4.41. The molecule has 0 fully saturated rings. The van der Waals surface area contributed by atoms with Gasteiger partial charge in [-0.15, -0.1) is 0 Å². The van der Waals surface area contributed by atoms with Gasteiger partial charge in [-0.25, -0.2) is 9.97 Å². The summed E-state index contributed by atoms with van der Waals surface area (Å²) < 4.78 is 0. The van der Waals surface area contributed by atoms with E-state index < -0.39 is 4.92 Å². The summed E-state index contributed by atoms with van der Waals surface area (Å²) in [7, 11) is 3.51. The maximum Gasteiger partial charge on any atom is 0.270 e. The van der Waals surface area contributed by atoms with Crippen molar-refractivity contribution in [3.8, 4) is 11.4 Å². The van der Waals surface area contributed by atoms with Crippen molar-refractivity contribution < 1.29 is 9.72 Å². The van der Waals surface area contributed by atoms with Crippen LogP contribution in [0, 0.1) is 17.0 Å². The Hall–Kier alpha value is -3.81. The zero-order valence-electron chi connectivity index (χ0n) is 16.4. The molecule has 0 atom stereocenters. The van der Waals surface area contributed by atoms with Crippen molar-refractivity contribution in [3.05, 3.63) is 81.5 Å². The summed E-state index contributed by atoms with van der Waals surface area (Å²) in [5.74, 6) is 1.01. The van der Waals surface area contributed by atoms with Gasteiger partial charge >= 0.3 is 0 Å². The average molecular weight is 391 g/mol. The summed E-state index contributed by atoms with van der Waals surface area (Å²) in [6, 6.07) is 15.5. The molecule has 0 saturated heterocycles. The summed E-state index contributed by atoms with van der Waals surface area (Å²) in [6.45, 7) is 2.44. The molecule has 0 aliphatic rings. The van der Waals surface area contributed by atoms with Crippen molar-refractivity contribution in [1.29, 1.82) is 0 Å². The van der Waals surface area contributed by atoms with Gasteiger partial charge in [-0.1, -0.05) is 24.3 Å². The SMILES string of the molecule is CNC(=O)c1ccc(CN(C)c2cc(C)nc(-c3cccc([N+](=O)[O-])c3)n2)cc1. The van der Waals surface area contributed by atoms with E-state index in [0.717, 1.165) is 11.3 Å². The number of amides is 1. The first-order valence-electron chi connectivity index (χ1n) is 9.00. The fourth-order valence-corrected chi connectivity index (χ4v) is 2.90. The number of non-ortho nitro benzene ring substituents is 1. The van der Waals surface area contributed by atoms with Gasteiger partial charge in [-0.05, 0) is 24.6 Å². The van der Waals surface area contributed by atoms with Crippen LogP contribution in [-0.4, -0.2) is 34.9 Å². The van der Waals surface area contributed by atoms with Gasteiger partial charge in [0.25, 0.3) is 11.6 Å². The summed E-state index contributed by atoms with van der Waals surface area (Å²) in [5.41, 5.74) is 2.97. The standard InChI is InChI=1S/C21H21N5O3/c1-14-11-19(24-20(23-14)17-5-4-6-18(12-17)26(28)29)25(3)13-15-7-9-16(10-8-15)21(27)22-2/h4-12H,13H2,1-3H3,(H,22,27). The second-order valence-corrected chi connectivity index (χ2v) is 6.63. The smallest absolute Gasteiger partial charge is 0.270 e. The van der Waals surface area contributed by atoms with Crippen molar-refractivity contribution in [2.75, 3.05) is 19.0 Å². The number of nitro benzene ring substituents is 1. The van der Waals surface area contributed by atoms with Gasteiger partial charge in [0, 0.05) is 55.7 Å². The second-order valence-electron chi connectivity index (χ2n) is 6.63. The van der Waals surface area contributed by atoms with Crippen LogP contribution in [0.2, 0.25) is 0 Å². The molecule has 1 amide bonds. The number of nitrogens with zero attached hydrogens (tertiary/aromatic N) is 4. The van der Waals surface area contributed by atoms with Crippen LogP contribution < -0.4 is 10.2 Å². The van der Waals surface area contributed by atoms with Crippen LogP contribution in [0.4, 0.5) is 11.5 Å². The lowest BCUT2D eigenvalue weighted by Crippen LogP contribution is -2.19. The molecule has 8 heteroatoms. The van der Waals surface area contributed by atoms with Crippen molar-refractivity contribution in [3.63, 3.8) is 0 Å². The van der Waals surface area contributed by atoms with Crippen LogP contribution in [0.5, 0.6) is 0 Å². The first-order valence-corrected chi connectivity index (χ1v) is 9.00. The van der Waals surface area contributed by atoms with Crippen LogP contribution in [0.15, 0.2) is 54.6 Å². The molecule has 0 unspecified atom stereocenters. The molecule has 3 aromatic rings. The third-order valence-electron chi connectivity index (χ3n) is 4.41. The second kappa shape index (κ2) is 8.47. The van der Waals surface area contributed by atoms with Gasteiger partial charge in [0.1, 0.15) is 5.82 Å². The van der Waals surface area contributed by atoms with Gasteiger partial charge in [0.15, 0.2) is 5.82 Å². The minimum Gasteiger partial charge on any atom is -0.355 e. The Bertz CT molecular complexity index is 1050. The Balaban J connectivity index is 1.84. The fraction of sp³-hybridized carbons (Fsp3) is 0.190. The minimum absolute atomic E-state index is 0.00119. The molecule has 29 heavy (non-hydrogen) atoms. The van der Waals surface area contributed by atoms with E-state index in [0.29, 0.717) is 29.3 Å². The molecule has 0 radical (unpaired) electrons. The highest BCUT2D eigenvalue weighted by atomic mass is 16.6. The van der Waals surface area contributed by atoms with Gasteiger partial charge in [0.2, 0.25) is 0 Å². The molecular formula is C21H21N5O3. The van der Waals surface area contributed by atoms with Crippen LogP contribution in [0.25, 0.3) is 11.4 Å². The molecule has 8 nitrogen and oxygen atoms in total. The van der Waals surface area contributed by atoms with Crippen LogP contribution in [0.3, 0.4) is 0 Å². The van der Waals surface area contributed by atoms with E-state index in [1.54, 1.807) is 31.3 Å². The summed E-state index contributed by atoms with van der Waals surface area (Å²) in [4.78, 5) is 33.3. The van der Waals surface area contributed by atoms with Gasteiger partial charge in [-0.3, -0.25) is 14.9 Å². The molecule has 0 aliphatic carbocycles. The molecule has 0 spiro atoms. The molecule has 0 saturated carbocycles. The molecule has 2 aromatic carbocycles. The molecule has 3 rings (SSSR count). The Kier molecular flexibility index (Phi) is 5.82. The van der Waals surface area contributed by atoms with E-state index in [2.05, 4.69) is 15.3 Å². The predicted molar refractivity (Wildman–Crippen MR) is 111 cm³/mol. The van der Waals surface area contributed by atoms with E-state index in [1.165, 1.54) is 12.1 Å². The number of aromatic nitrogens is 2. The topological polar surface area (TPSA) is 101 Å². The number of carbonyl (C=O) groups excluding carboxylic acids is 1. The van der Waals surface area contributed by atoms with Crippen LogP contribution in [-0.2, 0) is 6.54 Å². The number of anilines is 1. The molecule has 0 bridgehead atoms. The highest BCUT2D eigenvalue weighted by molar-refractivity contribution is 5.93. The van der Waals surface area contributed by atoms with E-state index >= 15 is 0 Å². The van der Waals surface area contributed by atoms with E-state index in [-0.39, 0.29) is 11.6 Å².